The molecule has 0 aliphatic carbocycles. The van der Waals surface area contributed by atoms with Crippen LogP contribution in [-0.2, 0) is 4.74 Å². The number of carboxylic acid groups (broad SMARTS) is 1. The molecule has 6 heteroatoms. The summed E-state index contributed by atoms with van der Waals surface area (Å²) in [4.78, 5) is 9.98. The fraction of sp³-hybridized carbons (Fsp3) is 0.667. The van der Waals surface area contributed by atoms with Gasteiger partial charge in [-0.25, -0.2) is 14.6 Å². The van der Waals surface area contributed by atoms with E-state index in [0.29, 0.717) is 13.0 Å². The standard InChI is InChI=1S/C6H9FN2O3/c7-4-3-12-2-1-5(4)8-9-6(10)11/h4,9H,1-3H2,(H,10,11). The van der Waals surface area contributed by atoms with E-state index in [1.165, 1.54) is 0 Å². The van der Waals surface area contributed by atoms with Crippen LogP contribution in [0.3, 0.4) is 0 Å². The van der Waals surface area contributed by atoms with Gasteiger partial charge in [0.15, 0.2) is 6.17 Å². The largest absolute Gasteiger partial charge is 0.464 e. The summed E-state index contributed by atoms with van der Waals surface area (Å²) in [7, 11) is 0. The van der Waals surface area contributed by atoms with E-state index in [1.807, 2.05) is 0 Å². The van der Waals surface area contributed by atoms with Gasteiger partial charge in [0.2, 0.25) is 0 Å². The van der Waals surface area contributed by atoms with Gasteiger partial charge in [0.1, 0.15) is 0 Å². The Balaban J connectivity index is 2.47. The van der Waals surface area contributed by atoms with Crippen LogP contribution in [0.4, 0.5) is 9.18 Å². The Morgan fingerprint density at radius 2 is 2.58 bits per heavy atom. The molecule has 5 nitrogen and oxygen atoms in total. The third-order valence-corrected chi connectivity index (χ3v) is 1.42. The molecule has 1 saturated heterocycles. The summed E-state index contributed by atoms with van der Waals surface area (Å²) < 4.78 is 17.6. The molecule has 1 aliphatic heterocycles. The maximum Gasteiger partial charge on any atom is 0.425 e. The molecule has 1 fully saturated rings. The van der Waals surface area contributed by atoms with Gasteiger partial charge in [-0.1, -0.05) is 0 Å². The Kier molecular flexibility index (Phi) is 2.98. The summed E-state index contributed by atoms with van der Waals surface area (Å²) in [5, 5.41) is 11.5. The Hall–Kier alpha value is -1.17. The van der Waals surface area contributed by atoms with Crippen LogP contribution in [0.5, 0.6) is 0 Å². The van der Waals surface area contributed by atoms with Gasteiger partial charge in [-0.2, -0.15) is 5.10 Å². The molecular formula is C6H9FN2O3. The average molecular weight is 176 g/mol. The summed E-state index contributed by atoms with van der Waals surface area (Å²) in [5.41, 5.74) is 1.95. The zero-order valence-corrected chi connectivity index (χ0v) is 6.29. The zero-order chi connectivity index (χ0) is 8.97. The molecule has 1 heterocycles. The number of hydrogen-bond acceptors (Lipinski definition) is 3. The number of halogens is 1. The summed E-state index contributed by atoms with van der Waals surface area (Å²) in [6.07, 6.45) is -2.24. The van der Waals surface area contributed by atoms with Crippen LogP contribution in [0.25, 0.3) is 0 Å². The minimum Gasteiger partial charge on any atom is -0.464 e. The second kappa shape index (κ2) is 4.01. The highest BCUT2D eigenvalue weighted by atomic mass is 19.1. The van der Waals surface area contributed by atoms with Crippen molar-refractivity contribution in [2.75, 3.05) is 13.2 Å². The Morgan fingerprint density at radius 1 is 1.83 bits per heavy atom. The molecule has 0 aromatic rings. The third-order valence-electron chi connectivity index (χ3n) is 1.42. The van der Waals surface area contributed by atoms with Crippen LogP contribution >= 0.6 is 0 Å². The van der Waals surface area contributed by atoms with Crippen LogP contribution < -0.4 is 5.43 Å². The van der Waals surface area contributed by atoms with E-state index >= 15 is 0 Å². The minimum absolute atomic E-state index is 0.0415. The van der Waals surface area contributed by atoms with E-state index < -0.39 is 12.3 Å². The molecule has 68 valence electrons. The van der Waals surface area contributed by atoms with Crippen molar-refractivity contribution in [3.63, 3.8) is 0 Å². The highest BCUT2D eigenvalue weighted by molar-refractivity contribution is 5.90. The lowest BCUT2D eigenvalue weighted by molar-refractivity contribution is 0.0891. The first kappa shape index (κ1) is 8.92. The summed E-state index contributed by atoms with van der Waals surface area (Å²) >= 11 is 0. The van der Waals surface area contributed by atoms with Crippen LogP contribution in [-0.4, -0.2) is 36.3 Å². The molecule has 0 aromatic heterocycles. The van der Waals surface area contributed by atoms with Gasteiger partial charge < -0.3 is 9.84 Å². The molecule has 1 rings (SSSR count). The van der Waals surface area contributed by atoms with Crippen molar-refractivity contribution < 1.29 is 19.0 Å². The number of hydrogen-bond donors (Lipinski definition) is 2. The van der Waals surface area contributed by atoms with Gasteiger partial charge in [-0.05, 0) is 0 Å². The quantitative estimate of drug-likeness (QED) is 0.567. The van der Waals surface area contributed by atoms with Crippen molar-refractivity contribution in [3.05, 3.63) is 0 Å². The average Bonchev–Trinajstić information content (AvgIpc) is 2.03. The summed E-state index contributed by atoms with van der Waals surface area (Å²) in [6.45, 7) is 0.348. The monoisotopic (exact) mass is 176 g/mol. The van der Waals surface area contributed by atoms with Gasteiger partial charge in [-0.15, -0.1) is 0 Å². The molecule has 1 amide bonds. The number of alkyl halides is 1. The molecule has 0 radical (unpaired) electrons. The first-order valence-corrected chi connectivity index (χ1v) is 3.47. The lowest BCUT2D eigenvalue weighted by Crippen LogP contribution is -2.31. The highest BCUT2D eigenvalue weighted by Gasteiger charge is 2.20. The Bertz CT molecular complexity index is 207. The summed E-state index contributed by atoms with van der Waals surface area (Å²) in [5.74, 6) is 0. The second-order valence-corrected chi connectivity index (χ2v) is 2.31. The number of hydrazone groups is 1. The number of nitrogens with one attached hydrogen (secondary N) is 1. The van der Waals surface area contributed by atoms with Gasteiger partial charge in [0, 0.05) is 6.42 Å². The number of rotatable bonds is 1. The fourth-order valence-electron chi connectivity index (χ4n) is 0.862. The SMILES string of the molecule is O=C(O)NN=C1CCOCC1F. The van der Waals surface area contributed by atoms with Crippen molar-refractivity contribution in [2.24, 2.45) is 5.10 Å². The second-order valence-electron chi connectivity index (χ2n) is 2.31. The molecule has 2 N–H and O–H groups in total. The van der Waals surface area contributed by atoms with Crippen molar-refractivity contribution in [3.8, 4) is 0 Å². The van der Waals surface area contributed by atoms with E-state index in [2.05, 4.69) is 5.10 Å². The van der Waals surface area contributed by atoms with Gasteiger partial charge in [-0.3, -0.25) is 0 Å². The Morgan fingerprint density at radius 3 is 3.17 bits per heavy atom. The molecular weight excluding hydrogens is 167 g/mol. The Labute approximate surface area is 68.2 Å². The predicted octanol–water partition coefficient (Wildman–Crippen LogP) is 0.368. The molecule has 12 heavy (non-hydrogen) atoms. The van der Waals surface area contributed by atoms with Crippen molar-refractivity contribution >= 4 is 11.8 Å². The van der Waals surface area contributed by atoms with E-state index in [0.717, 1.165) is 0 Å². The van der Waals surface area contributed by atoms with Crippen LogP contribution in [0.1, 0.15) is 6.42 Å². The summed E-state index contributed by atoms with van der Waals surface area (Å²) in [6, 6.07) is 0. The van der Waals surface area contributed by atoms with E-state index in [1.54, 1.807) is 5.43 Å². The molecule has 0 aromatic carbocycles. The van der Waals surface area contributed by atoms with Gasteiger partial charge in [0.25, 0.3) is 0 Å². The van der Waals surface area contributed by atoms with E-state index in [-0.39, 0.29) is 12.3 Å². The lowest BCUT2D eigenvalue weighted by Gasteiger charge is -2.17. The maximum atomic E-state index is 12.8. The fourth-order valence-corrected chi connectivity index (χ4v) is 0.862. The van der Waals surface area contributed by atoms with Gasteiger partial charge >= 0.3 is 6.09 Å². The number of amides is 1. The topological polar surface area (TPSA) is 70.9 Å². The zero-order valence-electron chi connectivity index (χ0n) is 6.29. The first-order valence-electron chi connectivity index (χ1n) is 3.47. The van der Waals surface area contributed by atoms with Gasteiger partial charge in [0.05, 0.1) is 18.9 Å². The number of ether oxygens (including phenoxy) is 1. The molecule has 1 unspecified atom stereocenters. The van der Waals surface area contributed by atoms with Crippen molar-refractivity contribution in [1.29, 1.82) is 0 Å². The highest BCUT2D eigenvalue weighted by Crippen LogP contribution is 2.06. The van der Waals surface area contributed by atoms with Crippen LogP contribution in [0.15, 0.2) is 5.10 Å². The van der Waals surface area contributed by atoms with E-state index in [4.69, 9.17) is 9.84 Å². The maximum absolute atomic E-state index is 12.8. The minimum atomic E-state index is -1.29. The third kappa shape index (κ3) is 2.46. The van der Waals surface area contributed by atoms with Crippen molar-refractivity contribution in [1.82, 2.24) is 5.43 Å². The molecule has 0 bridgehead atoms. The van der Waals surface area contributed by atoms with Crippen LogP contribution in [0.2, 0.25) is 0 Å². The molecule has 0 spiro atoms. The lowest BCUT2D eigenvalue weighted by atomic mass is 10.1. The van der Waals surface area contributed by atoms with Crippen molar-refractivity contribution in [2.45, 2.75) is 12.6 Å². The molecule has 0 saturated carbocycles. The number of carbonyl (C=O) groups is 1. The normalized spacial score (nSPS) is 27.1. The molecule has 1 aliphatic rings. The molecule has 1 atom stereocenters. The predicted molar refractivity (Wildman–Crippen MR) is 38.9 cm³/mol. The smallest absolute Gasteiger partial charge is 0.425 e. The van der Waals surface area contributed by atoms with Crippen LogP contribution in [0, 0.1) is 0 Å². The first-order chi connectivity index (χ1) is 5.70. The van der Waals surface area contributed by atoms with E-state index in [9.17, 15) is 9.18 Å². The number of nitrogens with zero attached hydrogens (tertiary/aromatic N) is 1.